The highest BCUT2D eigenvalue weighted by atomic mass is 35.5. The van der Waals surface area contributed by atoms with Crippen LogP contribution in [0.1, 0.15) is 47.9 Å². The molecule has 2 heterocycles. The topological polar surface area (TPSA) is 115 Å². The second-order valence-electron chi connectivity index (χ2n) is 15.4. The molecule has 2 saturated heterocycles. The van der Waals surface area contributed by atoms with E-state index in [0.717, 1.165) is 48.1 Å². The number of hydrogen-bond donors (Lipinski definition) is 2. The van der Waals surface area contributed by atoms with Gasteiger partial charge in [-0.3, -0.25) is 18.9 Å². The highest BCUT2D eigenvalue weighted by Crippen LogP contribution is 2.28. The molecule has 0 atom stereocenters. The molecule has 6 aromatic carbocycles. The molecule has 2 aliphatic rings. The molecule has 0 spiro atoms. The van der Waals surface area contributed by atoms with Gasteiger partial charge in [-0.1, -0.05) is 145 Å². The van der Waals surface area contributed by atoms with E-state index in [4.69, 9.17) is 32.3 Å². The van der Waals surface area contributed by atoms with Crippen LogP contribution in [0.3, 0.4) is 0 Å². The monoisotopic (exact) mass is 910 g/mol. The number of halogens is 2. The Hall–Kier alpha value is -4.62. The highest BCUT2D eigenvalue weighted by molar-refractivity contribution is 7.86. The number of rotatable bonds is 12. The Morgan fingerprint density at radius 2 is 0.806 bits per heavy atom. The Morgan fingerprint density at radius 1 is 0.468 bits per heavy atom. The summed E-state index contributed by atoms with van der Waals surface area (Å²) in [6.07, 6.45) is 12.1. The summed E-state index contributed by atoms with van der Waals surface area (Å²) in [7, 11) is -8.94. The molecule has 8 rings (SSSR count). The third-order valence-electron chi connectivity index (χ3n) is 10.9. The van der Waals surface area contributed by atoms with Gasteiger partial charge in [-0.15, -0.1) is 0 Å². The molecule has 2 N–H and O–H groups in total. The largest absolute Gasteiger partial charge is 0.300 e. The number of benzene rings is 6. The van der Waals surface area contributed by atoms with Crippen molar-refractivity contribution in [3.8, 4) is 0 Å². The van der Waals surface area contributed by atoms with Crippen LogP contribution in [-0.2, 0) is 33.1 Å². The lowest BCUT2D eigenvalue weighted by atomic mass is 9.98. The third-order valence-corrected chi connectivity index (χ3v) is 13.2. The fourth-order valence-corrected chi connectivity index (χ4v) is 9.31. The Labute approximate surface area is 376 Å². The van der Waals surface area contributed by atoms with Gasteiger partial charge in [0.25, 0.3) is 20.2 Å². The van der Waals surface area contributed by atoms with Gasteiger partial charge in [0, 0.05) is 33.9 Å². The van der Waals surface area contributed by atoms with Gasteiger partial charge < -0.3 is 0 Å². The van der Waals surface area contributed by atoms with E-state index in [1.54, 1.807) is 0 Å². The number of nitrogens with zero attached hydrogens (tertiary/aromatic N) is 2. The van der Waals surface area contributed by atoms with Crippen molar-refractivity contribution in [3.63, 3.8) is 0 Å². The third kappa shape index (κ3) is 14.2. The van der Waals surface area contributed by atoms with E-state index in [1.807, 2.05) is 24.3 Å². The van der Waals surface area contributed by atoms with Crippen molar-refractivity contribution in [2.75, 3.05) is 39.3 Å². The first kappa shape index (κ1) is 46.9. The van der Waals surface area contributed by atoms with E-state index >= 15 is 0 Å². The van der Waals surface area contributed by atoms with Crippen LogP contribution in [0.2, 0.25) is 10.0 Å². The van der Waals surface area contributed by atoms with Crippen molar-refractivity contribution in [2.24, 2.45) is 0 Å². The van der Waals surface area contributed by atoms with Crippen LogP contribution in [-0.4, -0.2) is 75.0 Å². The zero-order valence-corrected chi connectivity index (χ0v) is 37.6. The summed E-state index contributed by atoms with van der Waals surface area (Å²) in [5, 5.41) is 1.64. The average Bonchev–Trinajstić information content (AvgIpc) is 4.01. The Morgan fingerprint density at radius 3 is 1.13 bits per heavy atom. The molecule has 8 nitrogen and oxygen atoms in total. The maximum atomic E-state index is 11.2. The maximum Gasteiger partial charge on any atom is 0.295 e. The van der Waals surface area contributed by atoms with Crippen molar-refractivity contribution in [1.82, 2.24) is 9.80 Å². The van der Waals surface area contributed by atoms with Crippen molar-refractivity contribution in [2.45, 2.75) is 48.3 Å². The number of fused-ring (bicyclic) bond motifs is 1. The fourth-order valence-electron chi connectivity index (χ4n) is 7.64. The lowest BCUT2D eigenvalue weighted by Gasteiger charge is -2.14. The Balaban J connectivity index is 0.000000156. The second kappa shape index (κ2) is 22.6. The maximum absolute atomic E-state index is 11.2. The van der Waals surface area contributed by atoms with Crippen molar-refractivity contribution in [3.05, 3.63) is 190 Å². The first-order chi connectivity index (χ1) is 29.8. The molecule has 0 bridgehead atoms. The molecular weight excluding hydrogens is 860 g/mol. The van der Waals surface area contributed by atoms with Gasteiger partial charge in [0.1, 0.15) is 9.79 Å². The molecule has 0 amide bonds. The molecule has 0 aliphatic carbocycles. The van der Waals surface area contributed by atoms with Gasteiger partial charge in [0.2, 0.25) is 0 Å². The van der Waals surface area contributed by atoms with E-state index in [9.17, 15) is 16.8 Å². The molecule has 62 heavy (non-hydrogen) atoms. The van der Waals surface area contributed by atoms with Crippen LogP contribution in [0.4, 0.5) is 0 Å². The van der Waals surface area contributed by atoms with Crippen LogP contribution >= 0.6 is 23.2 Å². The summed E-state index contributed by atoms with van der Waals surface area (Å²) < 4.78 is 62.7. The molecular formula is C50H52Cl2N2O6S2. The second-order valence-corrected chi connectivity index (χ2v) is 19.0. The number of likely N-dealkylation sites (tertiary alicyclic amines) is 2. The Kier molecular flexibility index (Phi) is 17.1. The minimum absolute atomic E-state index is 0.0233. The van der Waals surface area contributed by atoms with E-state index in [-0.39, 0.29) is 10.8 Å². The Bertz CT molecular complexity index is 2460. The zero-order valence-electron chi connectivity index (χ0n) is 34.5. The van der Waals surface area contributed by atoms with E-state index < -0.39 is 30.0 Å². The standard InChI is InChI=1S/2C20H22ClN.C10H8O6S2/c2*21-20-10-8-17(9-11-20)16-19(18-6-2-1-3-7-18)12-15-22-13-4-5-14-22;11-17(12,13)9-5-1-3-7-8(9)4-2-6-10(7)18(14,15)16/h2*1-3,6-12H,4-5,13-16H2;1-6H,(H,11,12,13)(H,14,15,16). The highest BCUT2D eigenvalue weighted by Gasteiger charge is 2.19. The van der Waals surface area contributed by atoms with Gasteiger partial charge in [0.05, 0.1) is 0 Å². The van der Waals surface area contributed by atoms with Crippen molar-refractivity contribution in [1.29, 1.82) is 0 Å². The van der Waals surface area contributed by atoms with Gasteiger partial charge >= 0.3 is 0 Å². The summed E-state index contributed by atoms with van der Waals surface area (Å²) in [6, 6.07) is 45.3. The number of allylic oxidation sites excluding steroid dienone is 2. The summed E-state index contributed by atoms with van der Waals surface area (Å²) in [4.78, 5) is 4.24. The zero-order chi connectivity index (χ0) is 44.0. The minimum Gasteiger partial charge on any atom is -0.300 e. The molecule has 0 aromatic heterocycles. The first-order valence-electron chi connectivity index (χ1n) is 20.7. The molecule has 0 unspecified atom stereocenters. The lowest BCUT2D eigenvalue weighted by Crippen LogP contribution is -2.19. The van der Waals surface area contributed by atoms with Crippen LogP contribution in [0, 0.1) is 0 Å². The van der Waals surface area contributed by atoms with Crippen LogP contribution in [0.15, 0.2) is 168 Å². The molecule has 2 fully saturated rings. The van der Waals surface area contributed by atoms with Crippen LogP contribution < -0.4 is 0 Å². The molecule has 0 saturated carbocycles. The fraction of sp³-hybridized carbons (Fsp3) is 0.240. The van der Waals surface area contributed by atoms with Crippen molar-refractivity contribution >= 4 is 65.4 Å². The summed E-state index contributed by atoms with van der Waals surface area (Å²) in [5.41, 5.74) is 8.04. The molecule has 324 valence electrons. The summed E-state index contributed by atoms with van der Waals surface area (Å²) in [5.74, 6) is 0. The predicted molar refractivity (Wildman–Crippen MR) is 254 cm³/mol. The summed E-state index contributed by atoms with van der Waals surface area (Å²) in [6.45, 7) is 7.05. The van der Waals surface area contributed by atoms with E-state index in [0.29, 0.717) is 0 Å². The number of hydrogen-bond acceptors (Lipinski definition) is 6. The van der Waals surface area contributed by atoms with Gasteiger partial charge in [-0.25, -0.2) is 0 Å². The molecule has 2 aliphatic heterocycles. The van der Waals surface area contributed by atoms with Crippen LogP contribution in [0.5, 0.6) is 0 Å². The lowest BCUT2D eigenvalue weighted by molar-refractivity contribution is 0.377. The van der Waals surface area contributed by atoms with Crippen molar-refractivity contribution < 1.29 is 25.9 Å². The predicted octanol–water partition coefficient (Wildman–Crippen LogP) is 11.5. The van der Waals surface area contributed by atoms with E-state index in [1.165, 1.54) is 110 Å². The van der Waals surface area contributed by atoms with Gasteiger partial charge in [-0.05, 0) is 135 Å². The van der Waals surface area contributed by atoms with Crippen LogP contribution in [0.25, 0.3) is 21.9 Å². The first-order valence-corrected chi connectivity index (χ1v) is 24.4. The molecule has 0 radical (unpaired) electrons. The smallest absolute Gasteiger partial charge is 0.295 e. The molecule has 12 heteroatoms. The minimum atomic E-state index is -4.47. The average molecular weight is 912 g/mol. The van der Waals surface area contributed by atoms with Gasteiger partial charge in [-0.2, -0.15) is 16.8 Å². The normalized spacial score (nSPS) is 15.2. The quantitative estimate of drug-likeness (QED) is 0.117. The molecule has 6 aromatic rings. The van der Waals surface area contributed by atoms with E-state index in [2.05, 4.69) is 107 Å². The SMILES string of the molecule is Clc1ccc(CC(=CCN2CCCC2)c2ccccc2)cc1.Clc1ccc(CC(=CCN2CCCC2)c2ccccc2)cc1.O=S(=O)(O)c1cccc2c(S(=O)(=O)O)cccc12. The van der Waals surface area contributed by atoms with Gasteiger partial charge in [0.15, 0.2) is 0 Å². The summed E-state index contributed by atoms with van der Waals surface area (Å²) >= 11 is 12.0.